The predicted octanol–water partition coefficient (Wildman–Crippen LogP) is 2.70. The second-order valence-electron chi connectivity index (χ2n) is 6.09. The Balaban J connectivity index is 2.29. The number of nitrogens with zero attached hydrogens (tertiary/aromatic N) is 1. The van der Waals surface area contributed by atoms with Gasteiger partial charge in [-0.05, 0) is 50.7 Å². The lowest BCUT2D eigenvalue weighted by atomic mass is 9.74. The van der Waals surface area contributed by atoms with E-state index in [1.807, 2.05) is 38.4 Å². The number of methoxy groups -OCH3 is 1. The molecule has 1 aromatic rings. The zero-order chi connectivity index (χ0) is 15.5. The monoisotopic (exact) mass is 291 g/mol. The maximum Gasteiger partial charge on any atom is 0.118 e. The van der Waals surface area contributed by atoms with E-state index in [-0.39, 0.29) is 5.92 Å². The molecule has 0 fully saturated rings. The molecule has 2 N–H and O–H groups in total. The van der Waals surface area contributed by atoms with E-state index in [1.165, 1.54) is 0 Å². The molecule has 0 radical (unpaired) electrons. The van der Waals surface area contributed by atoms with E-state index in [0.29, 0.717) is 25.0 Å². The lowest BCUT2D eigenvalue weighted by Crippen LogP contribution is -2.42. The van der Waals surface area contributed by atoms with Crippen molar-refractivity contribution in [3.63, 3.8) is 0 Å². The third-order valence-electron chi connectivity index (χ3n) is 4.22. The molecule has 1 aromatic carbocycles. The highest BCUT2D eigenvalue weighted by molar-refractivity contribution is 5.32. The summed E-state index contributed by atoms with van der Waals surface area (Å²) in [6.07, 6.45) is 3.36. The van der Waals surface area contributed by atoms with Gasteiger partial charge in [0.1, 0.15) is 5.75 Å². The third-order valence-corrected chi connectivity index (χ3v) is 4.22. The highest BCUT2D eigenvalue weighted by Crippen LogP contribution is 2.39. The van der Waals surface area contributed by atoms with Crippen molar-refractivity contribution in [1.82, 2.24) is 4.90 Å². The summed E-state index contributed by atoms with van der Waals surface area (Å²) < 4.78 is 5.20. The minimum absolute atomic E-state index is 0.00255. The van der Waals surface area contributed by atoms with E-state index >= 15 is 0 Å². The second kappa shape index (κ2) is 6.50. The second-order valence-corrected chi connectivity index (χ2v) is 6.09. The van der Waals surface area contributed by atoms with Gasteiger partial charge in [-0.3, -0.25) is 0 Å². The van der Waals surface area contributed by atoms with E-state index in [4.69, 9.17) is 4.74 Å². The molecule has 4 nitrogen and oxygen atoms in total. The summed E-state index contributed by atoms with van der Waals surface area (Å²) in [5.74, 6) is 1.20. The number of hydrogen-bond donors (Lipinski definition) is 2. The van der Waals surface area contributed by atoms with Gasteiger partial charge in [-0.15, -0.1) is 0 Å². The minimum Gasteiger partial charge on any atom is -0.513 e. The van der Waals surface area contributed by atoms with Gasteiger partial charge in [-0.2, -0.15) is 0 Å². The first-order chi connectivity index (χ1) is 9.94. The molecule has 0 spiro atoms. The highest BCUT2D eigenvalue weighted by Gasteiger charge is 2.39. The number of rotatable bonds is 5. The molecule has 0 heterocycles. The SMILES string of the molecule is COc1ccc(C(CN(C)C)C2(O)CC=C(O)CC2)cc1. The van der Waals surface area contributed by atoms with Crippen LogP contribution in [0.4, 0.5) is 0 Å². The zero-order valence-electron chi connectivity index (χ0n) is 13.0. The highest BCUT2D eigenvalue weighted by atomic mass is 16.5. The Morgan fingerprint density at radius 3 is 2.43 bits per heavy atom. The van der Waals surface area contributed by atoms with Gasteiger partial charge >= 0.3 is 0 Å². The Morgan fingerprint density at radius 1 is 1.29 bits per heavy atom. The molecule has 0 aliphatic heterocycles. The Morgan fingerprint density at radius 2 is 1.95 bits per heavy atom. The number of ether oxygens (including phenoxy) is 1. The number of likely N-dealkylation sites (N-methyl/N-ethyl adjacent to an activating group) is 1. The summed E-state index contributed by atoms with van der Waals surface area (Å²) in [5, 5.41) is 20.6. The fourth-order valence-corrected chi connectivity index (χ4v) is 2.95. The average Bonchev–Trinajstić information content (AvgIpc) is 2.48. The zero-order valence-corrected chi connectivity index (χ0v) is 13.0. The summed E-state index contributed by atoms with van der Waals surface area (Å²) >= 11 is 0. The first kappa shape index (κ1) is 15.9. The largest absolute Gasteiger partial charge is 0.513 e. The molecule has 0 aromatic heterocycles. The van der Waals surface area contributed by atoms with Crippen molar-refractivity contribution in [3.8, 4) is 5.75 Å². The van der Waals surface area contributed by atoms with Crippen molar-refractivity contribution in [2.24, 2.45) is 0 Å². The lowest BCUT2D eigenvalue weighted by Gasteiger charge is -2.39. The van der Waals surface area contributed by atoms with Gasteiger partial charge in [-0.1, -0.05) is 12.1 Å². The van der Waals surface area contributed by atoms with Gasteiger partial charge in [0, 0.05) is 18.9 Å². The van der Waals surface area contributed by atoms with E-state index in [2.05, 4.69) is 4.90 Å². The standard InChI is InChI=1S/C17H25NO3/c1-18(2)12-16(13-4-6-15(21-3)7-5-13)17(20)10-8-14(19)9-11-17/h4-8,16,19-20H,9-12H2,1-3H3. The van der Waals surface area contributed by atoms with Crippen LogP contribution >= 0.6 is 0 Å². The van der Waals surface area contributed by atoms with Crippen LogP contribution in [0, 0.1) is 0 Å². The van der Waals surface area contributed by atoms with Gasteiger partial charge in [0.05, 0.1) is 18.5 Å². The molecule has 1 aliphatic carbocycles. The van der Waals surface area contributed by atoms with E-state index < -0.39 is 5.60 Å². The van der Waals surface area contributed by atoms with E-state index in [9.17, 15) is 10.2 Å². The van der Waals surface area contributed by atoms with Crippen molar-refractivity contribution in [3.05, 3.63) is 41.7 Å². The van der Waals surface area contributed by atoms with Gasteiger partial charge in [0.25, 0.3) is 0 Å². The van der Waals surface area contributed by atoms with Crippen molar-refractivity contribution >= 4 is 0 Å². The Kier molecular flexibility index (Phi) is 4.91. The normalized spacial score (nSPS) is 23.8. The fourth-order valence-electron chi connectivity index (χ4n) is 2.95. The minimum atomic E-state index is -0.814. The molecular weight excluding hydrogens is 266 g/mol. The Hall–Kier alpha value is -1.52. The van der Waals surface area contributed by atoms with Crippen LogP contribution in [0.15, 0.2) is 36.1 Å². The first-order valence-corrected chi connectivity index (χ1v) is 7.33. The molecule has 2 unspecified atom stereocenters. The summed E-state index contributed by atoms with van der Waals surface area (Å²) in [4.78, 5) is 2.09. The van der Waals surface area contributed by atoms with Crippen molar-refractivity contribution in [1.29, 1.82) is 0 Å². The van der Waals surface area contributed by atoms with Crippen LogP contribution in [0.25, 0.3) is 0 Å². The molecule has 2 atom stereocenters. The van der Waals surface area contributed by atoms with Crippen LogP contribution in [0.3, 0.4) is 0 Å². The van der Waals surface area contributed by atoms with Crippen LogP contribution in [-0.2, 0) is 0 Å². The molecule has 0 saturated carbocycles. The lowest BCUT2D eigenvalue weighted by molar-refractivity contribution is -0.00934. The van der Waals surface area contributed by atoms with Crippen LogP contribution in [-0.4, -0.2) is 48.5 Å². The molecule has 21 heavy (non-hydrogen) atoms. The molecule has 1 aliphatic rings. The third kappa shape index (κ3) is 3.77. The van der Waals surface area contributed by atoms with Crippen molar-refractivity contribution in [2.45, 2.75) is 30.8 Å². The molecule has 4 heteroatoms. The van der Waals surface area contributed by atoms with Crippen LogP contribution in [0.1, 0.15) is 30.7 Å². The van der Waals surface area contributed by atoms with Crippen LogP contribution in [0.2, 0.25) is 0 Å². The topological polar surface area (TPSA) is 52.9 Å². The van der Waals surface area contributed by atoms with Gasteiger partial charge in [0.15, 0.2) is 0 Å². The first-order valence-electron chi connectivity index (χ1n) is 7.33. The van der Waals surface area contributed by atoms with E-state index in [0.717, 1.165) is 17.9 Å². The smallest absolute Gasteiger partial charge is 0.118 e. The summed E-state index contributed by atoms with van der Waals surface area (Å²) in [6, 6.07) is 7.89. The Labute approximate surface area is 126 Å². The van der Waals surface area contributed by atoms with Gasteiger partial charge in [0.2, 0.25) is 0 Å². The molecule has 0 bridgehead atoms. The molecule has 116 valence electrons. The van der Waals surface area contributed by atoms with Gasteiger partial charge < -0.3 is 19.8 Å². The van der Waals surface area contributed by atoms with Crippen LogP contribution in [0.5, 0.6) is 5.75 Å². The molecule has 2 rings (SSSR count). The number of hydrogen-bond acceptors (Lipinski definition) is 4. The predicted molar refractivity (Wildman–Crippen MR) is 83.8 cm³/mol. The molecular formula is C17H25NO3. The summed E-state index contributed by atoms with van der Waals surface area (Å²) in [7, 11) is 5.67. The average molecular weight is 291 g/mol. The molecule has 0 saturated heterocycles. The number of aliphatic hydroxyl groups excluding tert-OH is 1. The number of allylic oxidation sites excluding steroid dienone is 1. The molecule has 0 amide bonds. The number of benzene rings is 1. The van der Waals surface area contributed by atoms with E-state index in [1.54, 1.807) is 13.2 Å². The van der Waals surface area contributed by atoms with Crippen molar-refractivity contribution in [2.75, 3.05) is 27.7 Å². The van der Waals surface area contributed by atoms with Crippen LogP contribution < -0.4 is 4.74 Å². The maximum atomic E-state index is 11.1. The maximum absolute atomic E-state index is 11.1. The van der Waals surface area contributed by atoms with Crippen molar-refractivity contribution < 1.29 is 14.9 Å². The number of aliphatic hydroxyl groups is 2. The summed E-state index contributed by atoms with van der Waals surface area (Å²) in [6.45, 7) is 0.761. The fraction of sp³-hybridized carbons (Fsp3) is 0.529. The summed E-state index contributed by atoms with van der Waals surface area (Å²) in [5.41, 5.74) is 0.284. The Bertz CT molecular complexity index is 495. The van der Waals surface area contributed by atoms with Gasteiger partial charge in [-0.25, -0.2) is 0 Å². The quantitative estimate of drug-likeness (QED) is 0.876.